The maximum atomic E-state index is 12.4. The minimum atomic E-state index is -3.53. The molecular formula is C11H13BrClNO3S. The van der Waals surface area contributed by atoms with E-state index in [2.05, 4.69) is 15.9 Å². The number of sulfonamides is 1. The lowest BCUT2D eigenvalue weighted by atomic mass is 10.3. The van der Waals surface area contributed by atoms with E-state index in [9.17, 15) is 8.42 Å². The zero-order chi connectivity index (χ0) is 13.3. The van der Waals surface area contributed by atoms with E-state index in [1.54, 1.807) is 19.2 Å². The number of ether oxygens (including phenoxy) is 1. The molecule has 7 heteroatoms. The third-order valence-corrected chi connectivity index (χ3v) is 5.79. The number of nitrogens with zero attached hydrogens (tertiary/aromatic N) is 1. The van der Waals surface area contributed by atoms with E-state index in [4.69, 9.17) is 16.3 Å². The molecule has 0 bridgehead atoms. The van der Waals surface area contributed by atoms with E-state index in [-0.39, 0.29) is 16.0 Å². The van der Waals surface area contributed by atoms with Crippen LogP contribution < -0.4 is 0 Å². The molecule has 18 heavy (non-hydrogen) atoms. The lowest BCUT2D eigenvalue weighted by molar-refractivity contribution is 0.115. The van der Waals surface area contributed by atoms with Crippen molar-refractivity contribution in [2.75, 3.05) is 20.2 Å². The summed E-state index contributed by atoms with van der Waals surface area (Å²) in [5, 5.41) is 0.227. The minimum absolute atomic E-state index is 0.0333. The van der Waals surface area contributed by atoms with Gasteiger partial charge in [0.25, 0.3) is 0 Å². The van der Waals surface area contributed by atoms with E-state index in [0.29, 0.717) is 19.5 Å². The SMILES string of the molecule is COC1CCN(S(=O)(=O)c2ccc(Br)cc2Cl)C1. The van der Waals surface area contributed by atoms with Gasteiger partial charge in [-0.15, -0.1) is 0 Å². The van der Waals surface area contributed by atoms with Crippen LogP contribution in [-0.4, -0.2) is 39.0 Å². The predicted molar refractivity (Wildman–Crippen MR) is 73.3 cm³/mol. The topological polar surface area (TPSA) is 46.6 Å². The van der Waals surface area contributed by atoms with Gasteiger partial charge in [0.1, 0.15) is 4.90 Å². The number of hydrogen-bond acceptors (Lipinski definition) is 3. The zero-order valence-electron chi connectivity index (χ0n) is 9.77. The van der Waals surface area contributed by atoms with Gasteiger partial charge in [-0.25, -0.2) is 8.42 Å². The first-order chi connectivity index (χ1) is 8.45. The van der Waals surface area contributed by atoms with Gasteiger partial charge in [0.2, 0.25) is 10.0 Å². The van der Waals surface area contributed by atoms with Crippen molar-refractivity contribution < 1.29 is 13.2 Å². The Kier molecular flexibility index (Phi) is 4.33. The second-order valence-corrected chi connectivity index (χ2v) is 7.31. The van der Waals surface area contributed by atoms with Gasteiger partial charge in [-0.05, 0) is 24.6 Å². The van der Waals surface area contributed by atoms with Crippen LogP contribution in [0, 0.1) is 0 Å². The van der Waals surface area contributed by atoms with Gasteiger partial charge in [-0.2, -0.15) is 4.31 Å². The van der Waals surface area contributed by atoms with E-state index >= 15 is 0 Å². The van der Waals surface area contributed by atoms with Crippen LogP contribution >= 0.6 is 27.5 Å². The summed E-state index contributed by atoms with van der Waals surface area (Å²) < 4.78 is 32.1. The first kappa shape index (κ1) is 14.3. The summed E-state index contributed by atoms with van der Waals surface area (Å²) in [5.41, 5.74) is 0. The van der Waals surface area contributed by atoms with E-state index in [1.807, 2.05) is 0 Å². The molecule has 4 nitrogen and oxygen atoms in total. The molecule has 1 fully saturated rings. The molecule has 0 amide bonds. The number of benzene rings is 1. The molecule has 0 aliphatic carbocycles. The van der Waals surface area contributed by atoms with Crippen LogP contribution in [0.15, 0.2) is 27.6 Å². The Hall–Kier alpha value is -0.140. The molecule has 100 valence electrons. The Balaban J connectivity index is 2.31. The number of halogens is 2. The lowest BCUT2D eigenvalue weighted by Gasteiger charge is -2.17. The largest absolute Gasteiger partial charge is 0.380 e. The van der Waals surface area contributed by atoms with Crippen molar-refractivity contribution in [2.24, 2.45) is 0 Å². The number of hydrogen-bond donors (Lipinski definition) is 0. The van der Waals surface area contributed by atoms with Crippen LogP contribution in [0.2, 0.25) is 5.02 Å². The highest BCUT2D eigenvalue weighted by molar-refractivity contribution is 9.10. The maximum Gasteiger partial charge on any atom is 0.244 e. The van der Waals surface area contributed by atoms with Gasteiger partial charge >= 0.3 is 0 Å². The van der Waals surface area contributed by atoms with Gasteiger partial charge in [0, 0.05) is 24.7 Å². The molecule has 1 saturated heterocycles. The molecule has 0 aromatic heterocycles. The van der Waals surface area contributed by atoms with E-state index in [0.717, 1.165) is 4.47 Å². The summed E-state index contributed by atoms with van der Waals surface area (Å²) in [6, 6.07) is 4.77. The van der Waals surface area contributed by atoms with Gasteiger partial charge in [-0.3, -0.25) is 0 Å². The van der Waals surface area contributed by atoms with Gasteiger partial charge < -0.3 is 4.74 Å². The van der Waals surface area contributed by atoms with Crippen LogP contribution in [0.25, 0.3) is 0 Å². The van der Waals surface area contributed by atoms with Gasteiger partial charge in [-0.1, -0.05) is 27.5 Å². The summed E-state index contributed by atoms with van der Waals surface area (Å²) in [5.74, 6) is 0. The molecule has 0 N–H and O–H groups in total. The number of rotatable bonds is 3. The fourth-order valence-electron chi connectivity index (χ4n) is 1.93. The zero-order valence-corrected chi connectivity index (χ0v) is 12.9. The Morgan fingerprint density at radius 1 is 1.50 bits per heavy atom. The lowest BCUT2D eigenvalue weighted by Crippen LogP contribution is -2.30. The molecule has 1 aliphatic heterocycles. The molecule has 0 radical (unpaired) electrons. The monoisotopic (exact) mass is 353 g/mol. The average molecular weight is 355 g/mol. The van der Waals surface area contributed by atoms with Crippen molar-refractivity contribution in [3.05, 3.63) is 27.7 Å². The highest BCUT2D eigenvalue weighted by atomic mass is 79.9. The first-order valence-corrected chi connectivity index (χ1v) is 8.04. The third kappa shape index (κ3) is 2.72. The van der Waals surface area contributed by atoms with Gasteiger partial charge in [0.05, 0.1) is 11.1 Å². The maximum absolute atomic E-state index is 12.4. The quantitative estimate of drug-likeness (QED) is 0.838. The molecule has 1 aromatic rings. The molecule has 0 saturated carbocycles. The summed E-state index contributed by atoms with van der Waals surface area (Å²) >= 11 is 9.25. The van der Waals surface area contributed by atoms with E-state index in [1.165, 1.54) is 10.4 Å². The second kappa shape index (κ2) is 5.46. The molecule has 1 aromatic carbocycles. The van der Waals surface area contributed by atoms with Crippen LogP contribution in [0.1, 0.15) is 6.42 Å². The van der Waals surface area contributed by atoms with Crippen LogP contribution in [0.3, 0.4) is 0 Å². The second-order valence-electron chi connectivity index (χ2n) is 4.08. The van der Waals surface area contributed by atoms with Crippen LogP contribution in [0.5, 0.6) is 0 Å². The standard InChI is InChI=1S/C11H13BrClNO3S/c1-17-9-4-5-14(7-9)18(15,16)11-3-2-8(12)6-10(11)13/h2-3,6,9H,4-5,7H2,1H3. The van der Waals surface area contributed by atoms with Crippen LogP contribution in [-0.2, 0) is 14.8 Å². The van der Waals surface area contributed by atoms with Crippen molar-refractivity contribution in [1.29, 1.82) is 0 Å². The molecule has 1 unspecified atom stereocenters. The smallest absolute Gasteiger partial charge is 0.244 e. The normalized spacial score (nSPS) is 21.4. The summed E-state index contributed by atoms with van der Waals surface area (Å²) in [4.78, 5) is 0.143. The molecule has 1 atom stereocenters. The molecule has 0 spiro atoms. The molecule has 2 rings (SSSR count). The Morgan fingerprint density at radius 3 is 2.78 bits per heavy atom. The minimum Gasteiger partial charge on any atom is -0.380 e. The van der Waals surface area contributed by atoms with Crippen molar-refractivity contribution in [1.82, 2.24) is 4.31 Å². The van der Waals surface area contributed by atoms with Crippen molar-refractivity contribution >= 4 is 37.6 Å². The summed E-state index contributed by atoms with van der Waals surface area (Å²) in [6.45, 7) is 0.846. The number of methoxy groups -OCH3 is 1. The van der Waals surface area contributed by atoms with Crippen LogP contribution in [0.4, 0.5) is 0 Å². The Bertz CT molecular complexity index is 549. The third-order valence-electron chi connectivity index (χ3n) is 2.95. The first-order valence-electron chi connectivity index (χ1n) is 5.43. The summed E-state index contributed by atoms with van der Waals surface area (Å²) in [6.07, 6.45) is 0.679. The van der Waals surface area contributed by atoms with Crippen molar-refractivity contribution in [3.63, 3.8) is 0 Å². The Morgan fingerprint density at radius 2 is 2.22 bits per heavy atom. The Labute approximate surface area is 120 Å². The summed E-state index contributed by atoms with van der Waals surface area (Å²) in [7, 11) is -1.94. The molecule has 1 aliphatic rings. The fourth-order valence-corrected chi connectivity index (χ4v) is 4.43. The van der Waals surface area contributed by atoms with Gasteiger partial charge in [0.15, 0.2) is 0 Å². The molecular weight excluding hydrogens is 342 g/mol. The van der Waals surface area contributed by atoms with Crippen molar-refractivity contribution in [3.8, 4) is 0 Å². The average Bonchev–Trinajstić information content (AvgIpc) is 2.77. The fraction of sp³-hybridized carbons (Fsp3) is 0.455. The molecule has 1 heterocycles. The highest BCUT2D eigenvalue weighted by Gasteiger charge is 2.33. The highest BCUT2D eigenvalue weighted by Crippen LogP contribution is 2.29. The van der Waals surface area contributed by atoms with E-state index < -0.39 is 10.0 Å². The van der Waals surface area contributed by atoms with Crippen molar-refractivity contribution in [2.45, 2.75) is 17.4 Å². The predicted octanol–water partition coefficient (Wildman–Crippen LogP) is 2.51.